The number of carbonyl (C=O) groups is 1. The first-order chi connectivity index (χ1) is 9.72. The SMILES string of the molecule is Cc1cc(S(=O)(=O)NCC(=O)NCCC(C)C)ccc1Cl. The number of hydrogen-bond acceptors (Lipinski definition) is 3. The zero-order chi connectivity index (χ0) is 16.0. The maximum absolute atomic E-state index is 12.0. The summed E-state index contributed by atoms with van der Waals surface area (Å²) in [5, 5.41) is 3.17. The van der Waals surface area contributed by atoms with Gasteiger partial charge in [-0.05, 0) is 43.0 Å². The van der Waals surface area contributed by atoms with E-state index in [4.69, 9.17) is 11.6 Å². The molecule has 0 saturated heterocycles. The summed E-state index contributed by atoms with van der Waals surface area (Å²) in [4.78, 5) is 11.7. The lowest BCUT2D eigenvalue weighted by Crippen LogP contribution is -2.37. The molecule has 21 heavy (non-hydrogen) atoms. The Morgan fingerprint density at radius 1 is 1.33 bits per heavy atom. The van der Waals surface area contributed by atoms with Crippen molar-refractivity contribution in [1.82, 2.24) is 10.0 Å². The molecule has 7 heteroatoms. The van der Waals surface area contributed by atoms with E-state index in [9.17, 15) is 13.2 Å². The molecule has 0 unspecified atom stereocenters. The van der Waals surface area contributed by atoms with Gasteiger partial charge in [-0.25, -0.2) is 13.1 Å². The normalized spacial score (nSPS) is 11.7. The molecular formula is C14H21ClN2O3S. The lowest BCUT2D eigenvalue weighted by molar-refractivity contribution is -0.119. The second-order valence-corrected chi connectivity index (χ2v) is 7.44. The summed E-state index contributed by atoms with van der Waals surface area (Å²) in [6, 6.07) is 4.41. The van der Waals surface area contributed by atoms with Crippen molar-refractivity contribution >= 4 is 27.5 Å². The third kappa shape index (κ3) is 6.03. The van der Waals surface area contributed by atoms with E-state index in [1.165, 1.54) is 18.2 Å². The summed E-state index contributed by atoms with van der Waals surface area (Å²) in [6.07, 6.45) is 0.856. The fourth-order valence-corrected chi connectivity index (χ4v) is 2.78. The Hall–Kier alpha value is -1.11. The van der Waals surface area contributed by atoms with Crippen LogP contribution < -0.4 is 10.0 Å². The van der Waals surface area contributed by atoms with Crippen molar-refractivity contribution in [2.45, 2.75) is 32.1 Å². The van der Waals surface area contributed by atoms with E-state index in [2.05, 4.69) is 23.9 Å². The van der Waals surface area contributed by atoms with Gasteiger partial charge in [-0.1, -0.05) is 25.4 Å². The smallest absolute Gasteiger partial charge is 0.241 e. The molecule has 1 rings (SSSR count). The minimum absolute atomic E-state index is 0.0966. The largest absolute Gasteiger partial charge is 0.355 e. The molecule has 0 fully saturated rings. The first-order valence-electron chi connectivity index (χ1n) is 6.75. The second kappa shape index (κ2) is 7.77. The molecule has 1 amide bonds. The molecule has 0 heterocycles. The quantitative estimate of drug-likeness (QED) is 0.802. The van der Waals surface area contributed by atoms with Crippen molar-refractivity contribution in [3.8, 4) is 0 Å². The van der Waals surface area contributed by atoms with Crippen LogP contribution >= 0.6 is 11.6 Å². The third-order valence-electron chi connectivity index (χ3n) is 2.91. The van der Waals surface area contributed by atoms with Gasteiger partial charge in [0.2, 0.25) is 15.9 Å². The fraction of sp³-hybridized carbons (Fsp3) is 0.500. The zero-order valence-electron chi connectivity index (χ0n) is 12.4. The van der Waals surface area contributed by atoms with Crippen LogP contribution in [-0.4, -0.2) is 27.4 Å². The van der Waals surface area contributed by atoms with E-state index in [1.807, 2.05) is 0 Å². The van der Waals surface area contributed by atoms with E-state index < -0.39 is 10.0 Å². The number of rotatable bonds is 7. The standard InChI is InChI=1S/C14H21ClN2O3S/c1-10(2)6-7-16-14(18)9-17-21(19,20)12-4-5-13(15)11(3)8-12/h4-5,8,10,17H,6-7,9H2,1-3H3,(H,16,18). The van der Waals surface area contributed by atoms with Crippen LogP contribution in [0.3, 0.4) is 0 Å². The Balaban J connectivity index is 2.56. The second-order valence-electron chi connectivity index (χ2n) is 5.27. The van der Waals surface area contributed by atoms with Crippen LogP contribution in [0.25, 0.3) is 0 Å². The number of benzene rings is 1. The van der Waals surface area contributed by atoms with Crippen molar-refractivity contribution in [2.24, 2.45) is 5.92 Å². The highest BCUT2D eigenvalue weighted by molar-refractivity contribution is 7.89. The maximum Gasteiger partial charge on any atom is 0.241 e. The minimum Gasteiger partial charge on any atom is -0.355 e. The zero-order valence-corrected chi connectivity index (χ0v) is 14.0. The highest BCUT2D eigenvalue weighted by Gasteiger charge is 2.16. The van der Waals surface area contributed by atoms with Gasteiger partial charge >= 0.3 is 0 Å². The Bertz CT molecular complexity index is 600. The molecule has 0 spiro atoms. The number of hydrogen-bond donors (Lipinski definition) is 2. The van der Waals surface area contributed by atoms with Gasteiger partial charge in [0.05, 0.1) is 11.4 Å². The van der Waals surface area contributed by atoms with Crippen LogP contribution in [0.1, 0.15) is 25.8 Å². The molecule has 1 aromatic carbocycles. The number of amides is 1. The highest BCUT2D eigenvalue weighted by Crippen LogP contribution is 2.19. The summed E-state index contributed by atoms with van der Waals surface area (Å²) in [6.45, 7) is 6.09. The highest BCUT2D eigenvalue weighted by atomic mass is 35.5. The lowest BCUT2D eigenvalue weighted by atomic mass is 10.1. The van der Waals surface area contributed by atoms with Gasteiger partial charge in [-0.3, -0.25) is 4.79 Å². The summed E-state index contributed by atoms with van der Waals surface area (Å²) >= 11 is 5.86. The molecule has 0 aliphatic heterocycles. The molecule has 0 aliphatic rings. The van der Waals surface area contributed by atoms with Crippen LogP contribution in [0, 0.1) is 12.8 Å². The van der Waals surface area contributed by atoms with Gasteiger partial charge in [0.15, 0.2) is 0 Å². The topological polar surface area (TPSA) is 75.3 Å². The molecule has 0 aromatic heterocycles. The van der Waals surface area contributed by atoms with Crippen LogP contribution in [0.4, 0.5) is 0 Å². The van der Waals surface area contributed by atoms with Gasteiger partial charge in [0.1, 0.15) is 0 Å². The summed E-state index contributed by atoms with van der Waals surface area (Å²) in [5.74, 6) is 0.143. The molecule has 5 nitrogen and oxygen atoms in total. The molecule has 0 bridgehead atoms. The van der Waals surface area contributed by atoms with E-state index in [1.54, 1.807) is 6.92 Å². The van der Waals surface area contributed by atoms with Crippen LogP contribution in [0.15, 0.2) is 23.1 Å². The van der Waals surface area contributed by atoms with E-state index in [0.717, 1.165) is 6.42 Å². The van der Waals surface area contributed by atoms with Crippen molar-refractivity contribution in [1.29, 1.82) is 0 Å². The number of nitrogens with one attached hydrogen (secondary N) is 2. The molecular weight excluding hydrogens is 312 g/mol. The lowest BCUT2D eigenvalue weighted by Gasteiger charge is -2.09. The predicted octanol–water partition coefficient (Wildman–Crippen LogP) is 2.09. The van der Waals surface area contributed by atoms with Crippen molar-refractivity contribution in [3.05, 3.63) is 28.8 Å². The third-order valence-corrected chi connectivity index (χ3v) is 4.73. The monoisotopic (exact) mass is 332 g/mol. The van der Waals surface area contributed by atoms with E-state index >= 15 is 0 Å². The molecule has 1 aromatic rings. The van der Waals surface area contributed by atoms with Crippen LogP contribution in [-0.2, 0) is 14.8 Å². The maximum atomic E-state index is 12.0. The van der Waals surface area contributed by atoms with Gasteiger partial charge in [0, 0.05) is 11.6 Å². The van der Waals surface area contributed by atoms with Crippen molar-refractivity contribution in [2.75, 3.05) is 13.1 Å². The Morgan fingerprint density at radius 3 is 2.57 bits per heavy atom. The number of carbonyl (C=O) groups excluding carboxylic acids is 1. The molecule has 0 aliphatic carbocycles. The first-order valence-corrected chi connectivity index (χ1v) is 8.61. The first kappa shape index (κ1) is 17.9. The average Bonchev–Trinajstić information content (AvgIpc) is 2.39. The van der Waals surface area contributed by atoms with Crippen LogP contribution in [0.5, 0.6) is 0 Å². The van der Waals surface area contributed by atoms with Gasteiger partial charge in [-0.2, -0.15) is 0 Å². The number of sulfonamides is 1. The average molecular weight is 333 g/mol. The Kier molecular flexibility index (Phi) is 6.64. The molecule has 0 radical (unpaired) electrons. The van der Waals surface area contributed by atoms with Gasteiger partial charge < -0.3 is 5.32 Å². The van der Waals surface area contributed by atoms with E-state index in [0.29, 0.717) is 23.0 Å². The summed E-state index contributed by atoms with van der Waals surface area (Å²) in [5.41, 5.74) is 0.668. The Labute approximate surface area is 131 Å². The predicted molar refractivity (Wildman–Crippen MR) is 83.8 cm³/mol. The van der Waals surface area contributed by atoms with E-state index in [-0.39, 0.29) is 17.3 Å². The Morgan fingerprint density at radius 2 is 2.00 bits per heavy atom. The molecule has 0 atom stereocenters. The van der Waals surface area contributed by atoms with Gasteiger partial charge in [0.25, 0.3) is 0 Å². The summed E-state index contributed by atoms with van der Waals surface area (Å²) < 4.78 is 26.4. The van der Waals surface area contributed by atoms with Crippen LogP contribution in [0.2, 0.25) is 5.02 Å². The molecule has 2 N–H and O–H groups in total. The number of aryl methyl sites for hydroxylation is 1. The molecule has 0 saturated carbocycles. The van der Waals surface area contributed by atoms with Crippen molar-refractivity contribution in [3.63, 3.8) is 0 Å². The fourth-order valence-electron chi connectivity index (χ4n) is 1.59. The summed E-state index contributed by atoms with van der Waals surface area (Å²) in [7, 11) is -3.71. The van der Waals surface area contributed by atoms with Gasteiger partial charge in [-0.15, -0.1) is 0 Å². The molecule has 118 valence electrons. The number of halogens is 1. The van der Waals surface area contributed by atoms with Crippen molar-refractivity contribution < 1.29 is 13.2 Å². The minimum atomic E-state index is -3.71.